The number of hydrogen-bond acceptors (Lipinski definition) is 2. The maximum Gasteiger partial charge on any atom is 0.211 e. The summed E-state index contributed by atoms with van der Waals surface area (Å²) in [5.74, 6) is 0.101. The van der Waals surface area contributed by atoms with Crippen LogP contribution < -0.4 is 4.72 Å². The van der Waals surface area contributed by atoms with E-state index in [1.165, 1.54) is 7.05 Å². The molecular formula is C4H10NO2S. The molecule has 8 heavy (non-hydrogen) atoms. The summed E-state index contributed by atoms with van der Waals surface area (Å²) >= 11 is 0. The molecule has 0 aliphatic carbocycles. The van der Waals surface area contributed by atoms with E-state index in [-0.39, 0.29) is 5.75 Å². The Morgan fingerprint density at radius 3 is 2.25 bits per heavy atom. The molecule has 0 saturated carbocycles. The molecule has 1 N–H and O–H groups in total. The minimum Gasteiger partial charge on any atom is -0.218 e. The molecule has 0 fully saturated rings. The third-order valence-corrected chi connectivity index (χ3v) is 2.09. The van der Waals surface area contributed by atoms with E-state index in [0.717, 1.165) is 0 Å². The highest BCUT2D eigenvalue weighted by Crippen LogP contribution is 1.82. The summed E-state index contributed by atoms with van der Waals surface area (Å²) in [6, 6.07) is 0. The van der Waals surface area contributed by atoms with Crippen molar-refractivity contribution in [2.45, 2.75) is 6.92 Å². The monoisotopic (exact) mass is 136 g/mol. The van der Waals surface area contributed by atoms with E-state index in [1.54, 1.807) is 13.3 Å². The molecule has 4 heteroatoms. The zero-order valence-electron chi connectivity index (χ0n) is 5.01. The lowest BCUT2D eigenvalue weighted by Gasteiger charge is -1.95. The summed E-state index contributed by atoms with van der Waals surface area (Å²) in [5, 5.41) is 0. The van der Waals surface area contributed by atoms with Gasteiger partial charge in [-0.1, -0.05) is 6.92 Å². The molecule has 0 aliphatic rings. The fourth-order valence-electron chi connectivity index (χ4n) is 0.303. The number of sulfonamides is 1. The third kappa shape index (κ3) is 2.98. The van der Waals surface area contributed by atoms with Crippen molar-refractivity contribution in [3.63, 3.8) is 0 Å². The standard InChI is InChI=1S/C4H10NO2S/c1-3-4-8(6,7)5-2/h3,5H,4H2,1-2H3. The molecule has 0 rings (SSSR count). The Labute approximate surface area is 50.1 Å². The summed E-state index contributed by atoms with van der Waals surface area (Å²) in [4.78, 5) is 0. The van der Waals surface area contributed by atoms with E-state index < -0.39 is 10.0 Å². The first-order valence-corrected chi connectivity index (χ1v) is 3.96. The SMILES string of the molecule is C[CH]CS(=O)(=O)NC. The average Bonchev–Trinajstić information content (AvgIpc) is 1.67. The Kier molecular flexibility index (Phi) is 3.01. The summed E-state index contributed by atoms with van der Waals surface area (Å²) in [6.07, 6.45) is 1.59. The van der Waals surface area contributed by atoms with Gasteiger partial charge in [0.2, 0.25) is 10.0 Å². The molecule has 0 aromatic rings. The van der Waals surface area contributed by atoms with E-state index in [1.807, 2.05) is 0 Å². The van der Waals surface area contributed by atoms with Crippen molar-refractivity contribution in [2.75, 3.05) is 12.8 Å². The molecule has 0 spiro atoms. The van der Waals surface area contributed by atoms with Gasteiger partial charge in [0.25, 0.3) is 0 Å². The Bertz CT molecular complexity index is 138. The summed E-state index contributed by atoms with van der Waals surface area (Å²) in [7, 11) is -1.57. The van der Waals surface area contributed by atoms with Crippen LogP contribution in [0.25, 0.3) is 0 Å². The first-order chi connectivity index (χ1) is 3.62. The van der Waals surface area contributed by atoms with Gasteiger partial charge in [0, 0.05) is 0 Å². The molecule has 1 radical (unpaired) electrons. The maximum absolute atomic E-state index is 10.5. The Morgan fingerprint density at radius 2 is 2.12 bits per heavy atom. The van der Waals surface area contributed by atoms with Crippen LogP contribution in [-0.4, -0.2) is 21.2 Å². The van der Waals surface area contributed by atoms with Crippen molar-refractivity contribution in [2.24, 2.45) is 0 Å². The van der Waals surface area contributed by atoms with Crippen LogP contribution in [0.4, 0.5) is 0 Å². The zero-order chi connectivity index (χ0) is 6.62. The molecule has 0 bridgehead atoms. The van der Waals surface area contributed by atoms with E-state index in [9.17, 15) is 8.42 Å². The Morgan fingerprint density at radius 1 is 1.62 bits per heavy atom. The molecular weight excluding hydrogens is 126 g/mol. The van der Waals surface area contributed by atoms with Crippen molar-refractivity contribution in [3.8, 4) is 0 Å². The van der Waals surface area contributed by atoms with Crippen molar-refractivity contribution >= 4 is 10.0 Å². The smallest absolute Gasteiger partial charge is 0.211 e. The summed E-state index contributed by atoms with van der Waals surface area (Å²) < 4.78 is 23.1. The quantitative estimate of drug-likeness (QED) is 0.582. The van der Waals surface area contributed by atoms with Gasteiger partial charge in [-0.25, -0.2) is 13.1 Å². The molecule has 0 aromatic heterocycles. The number of hydrogen-bond donors (Lipinski definition) is 1. The molecule has 49 valence electrons. The first-order valence-electron chi connectivity index (χ1n) is 2.31. The Hall–Kier alpha value is -0.0900. The van der Waals surface area contributed by atoms with Crippen LogP contribution in [0.15, 0.2) is 0 Å². The minimum absolute atomic E-state index is 0.101. The lowest BCUT2D eigenvalue weighted by atomic mass is 10.6. The van der Waals surface area contributed by atoms with Crippen LogP contribution in [0, 0.1) is 6.42 Å². The van der Waals surface area contributed by atoms with Crippen LogP contribution in [-0.2, 0) is 10.0 Å². The normalized spacial score (nSPS) is 11.8. The molecule has 3 nitrogen and oxygen atoms in total. The molecule has 0 amide bonds. The van der Waals surface area contributed by atoms with Crippen molar-refractivity contribution < 1.29 is 8.42 Å². The van der Waals surface area contributed by atoms with Crippen LogP contribution in [0.3, 0.4) is 0 Å². The van der Waals surface area contributed by atoms with Gasteiger partial charge >= 0.3 is 0 Å². The van der Waals surface area contributed by atoms with E-state index in [0.29, 0.717) is 0 Å². The van der Waals surface area contributed by atoms with Gasteiger partial charge in [-0.05, 0) is 13.5 Å². The molecule has 0 atom stereocenters. The fourth-order valence-corrected chi connectivity index (χ4v) is 0.908. The minimum atomic E-state index is -2.98. The zero-order valence-corrected chi connectivity index (χ0v) is 5.83. The van der Waals surface area contributed by atoms with Crippen molar-refractivity contribution in [1.29, 1.82) is 0 Å². The first kappa shape index (κ1) is 7.91. The highest BCUT2D eigenvalue weighted by Gasteiger charge is 2.01. The van der Waals surface area contributed by atoms with Crippen LogP contribution in [0.1, 0.15) is 6.92 Å². The predicted octanol–water partition coefficient (Wildman–Crippen LogP) is -0.240. The average molecular weight is 136 g/mol. The van der Waals surface area contributed by atoms with E-state index >= 15 is 0 Å². The van der Waals surface area contributed by atoms with Crippen LogP contribution in [0.2, 0.25) is 0 Å². The molecule has 0 unspecified atom stereocenters. The van der Waals surface area contributed by atoms with Gasteiger partial charge in [-0.2, -0.15) is 0 Å². The second-order valence-corrected chi connectivity index (χ2v) is 3.36. The largest absolute Gasteiger partial charge is 0.218 e. The van der Waals surface area contributed by atoms with Gasteiger partial charge in [-0.3, -0.25) is 0 Å². The summed E-state index contributed by atoms with van der Waals surface area (Å²) in [6.45, 7) is 1.70. The van der Waals surface area contributed by atoms with Gasteiger partial charge < -0.3 is 0 Å². The van der Waals surface area contributed by atoms with E-state index in [4.69, 9.17) is 0 Å². The van der Waals surface area contributed by atoms with Gasteiger partial charge in [0.05, 0.1) is 5.75 Å². The van der Waals surface area contributed by atoms with Crippen LogP contribution in [0.5, 0.6) is 0 Å². The third-order valence-electron chi connectivity index (χ3n) is 0.697. The lowest BCUT2D eigenvalue weighted by Crippen LogP contribution is -2.21. The fraction of sp³-hybridized carbons (Fsp3) is 0.750. The van der Waals surface area contributed by atoms with Gasteiger partial charge in [0.1, 0.15) is 0 Å². The van der Waals surface area contributed by atoms with Gasteiger partial charge in [-0.15, -0.1) is 0 Å². The second kappa shape index (κ2) is 3.04. The van der Waals surface area contributed by atoms with Crippen molar-refractivity contribution in [3.05, 3.63) is 6.42 Å². The van der Waals surface area contributed by atoms with Crippen molar-refractivity contribution in [1.82, 2.24) is 4.72 Å². The molecule has 0 aliphatic heterocycles. The van der Waals surface area contributed by atoms with E-state index in [2.05, 4.69) is 4.72 Å². The topological polar surface area (TPSA) is 46.2 Å². The van der Waals surface area contributed by atoms with Crippen LogP contribution >= 0.6 is 0 Å². The van der Waals surface area contributed by atoms with Gasteiger partial charge in [0.15, 0.2) is 0 Å². The predicted molar refractivity (Wildman–Crippen MR) is 32.8 cm³/mol. The highest BCUT2D eigenvalue weighted by molar-refractivity contribution is 7.89. The lowest BCUT2D eigenvalue weighted by molar-refractivity contribution is 0.590. The summed E-state index contributed by atoms with van der Waals surface area (Å²) in [5.41, 5.74) is 0. The number of nitrogens with one attached hydrogen (secondary N) is 1. The Balaban J connectivity index is 3.76. The maximum atomic E-state index is 10.5. The molecule has 0 saturated heterocycles. The molecule has 0 heterocycles. The number of rotatable bonds is 3. The highest BCUT2D eigenvalue weighted by atomic mass is 32.2. The molecule has 0 aromatic carbocycles. The second-order valence-electron chi connectivity index (χ2n) is 1.39.